The van der Waals surface area contributed by atoms with E-state index < -0.39 is 0 Å². The number of benzene rings is 1. The van der Waals surface area contributed by atoms with Crippen molar-refractivity contribution in [2.75, 3.05) is 39.4 Å². The zero-order valence-electron chi connectivity index (χ0n) is 14.4. The van der Waals surface area contributed by atoms with Gasteiger partial charge in [-0.1, -0.05) is 18.2 Å². The Kier molecular flexibility index (Phi) is 4.99. The number of rotatable bonds is 2. The van der Waals surface area contributed by atoms with Gasteiger partial charge in [0.05, 0.1) is 18.5 Å². The summed E-state index contributed by atoms with van der Waals surface area (Å²) in [6.07, 6.45) is 2.39. The number of likely N-dealkylation sites (tertiary alicyclic amines) is 1. The highest BCUT2D eigenvalue weighted by Crippen LogP contribution is 2.38. The van der Waals surface area contributed by atoms with Crippen molar-refractivity contribution < 1.29 is 14.3 Å². The molecule has 2 saturated heterocycles. The summed E-state index contributed by atoms with van der Waals surface area (Å²) in [5.74, 6) is 0.548. The van der Waals surface area contributed by atoms with E-state index in [1.54, 1.807) is 11.8 Å². The van der Waals surface area contributed by atoms with Crippen LogP contribution < -0.4 is 0 Å². The lowest BCUT2D eigenvalue weighted by molar-refractivity contribution is -0.143. The minimum atomic E-state index is 0.00361. The number of carbonyl (C=O) groups is 2. The molecule has 0 radical (unpaired) electrons. The Labute approximate surface area is 152 Å². The molecule has 2 fully saturated rings. The van der Waals surface area contributed by atoms with Gasteiger partial charge in [0, 0.05) is 37.0 Å². The molecule has 3 aliphatic rings. The summed E-state index contributed by atoms with van der Waals surface area (Å²) >= 11 is 1.69. The first-order valence-electron chi connectivity index (χ1n) is 9.12. The third-order valence-electron chi connectivity index (χ3n) is 5.40. The van der Waals surface area contributed by atoms with Crippen LogP contribution in [0.5, 0.6) is 0 Å². The molecule has 6 heteroatoms. The molecule has 0 bridgehead atoms. The predicted molar refractivity (Wildman–Crippen MR) is 96.5 cm³/mol. The summed E-state index contributed by atoms with van der Waals surface area (Å²) < 4.78 is 5.32. The van der Waals surface area contributed by atoms with Crippen LogP contribution >= 0.6 is 11.8 Å². The third kappa shape index (κ3) is 3.55. The van der Waals surface area contributed by atoms with E-state index in [9.17, 15) is 9.59 Å². The Balaban J connectivity index is 1.30. The SMILES string of the molecule is O=C(C1CCN(C(=O)C2Cc3ccccc3S2)CC1)N1CCOCC1. The third-order valence-corrected chi connectivity index (χ3v) is 6.71. The smallest absolute Gasteiger partial charge is 0.236 e. The summed E-state index contributed by atoms with van der Waals surface area (Å²) in [6.45, 7) is 4.09. The number of carbonyl (C=O) groups excluding carboxylic acids is 2. The highest BCUT2D eigenvalue weighted by molar-refractivity contribution is 8.01. The van der Waals surface area contributed by atoms with E-state index in [4.69, 9.17) is 4.74 Å². The lowest BCUT2D eigenvalue weighted by Gasteiger charge is -2.36. The quantitative estimate of drug-likeness (QED) is 0.807. The van der Waals surface area contributed by atoms with Gasteiger partial charge in [0.1, 0.15) is 0 Å². The van der Waals surface area contributed by atoms with Gasteiger partial charge in [-0.3, -0.25) is 9.59 Å². The lowest BCUT2D eigenvalue weighted by atomic mass is 9.94. The maximum atomic E-state index is 12.8. The monoisotopic (exact) mass is 360 g/mol. The fourth-order valence-electron chi connectivity index (χ4n) is 3.91. The first-order valence-corrected chi connectivity index (χ1v) is 10.0. The molecule has 3 heterocycles. The number of hydrogen-bond donors (Lipinski definition) is 0. The van der Waals surface area contributed by atoms with Crippen LogP contribution in [0.25, 0.3) is 0 Å². The molecule has 2 amide bonds. The van der Waals surface area contributed by atoms with Gasteiger partial charge in [0.2, 0.25) is 11.8 Å². The standard InChI is InChI=1S/C19H24N2O3S/c22-18(21-9-11-24-12-10-21)14-5-7-20(8-6-14)19(23)17-13-15-3-1-2-4-16(15)25-17/h1-4,14,17H,5-13H2. The first-order chi connectivity index (χ1) is 12.2. The molecule has 134 valence electrons. The largest absolute Gasteiger partial charge is 0.378 e. The molecule has 1 aromatic rings. The summed E-state index contributed by atoms with van der Waals surface area (Å²) in [7, 11) is 0. The Morgan fingerprint density at radius 3 is 2.36 bits per heavy atom. The van der Waals surface area contributed by atoms with Gasteiger partial charge in [0.25, 0.3) is 0 Å². The number of piperidine rings is 1. The molecule has 25 heavy (non-hydrogen) atoms. The summed E-state index contributed by atoms with van der Waals surface area (Å²) in [6, 6.07) is 8.28. The van der Waals surface area contributed by atoms with E-state index in [1.807, 2.05) is 21.9 Å². The van der Waals surface area contributed by atoms with Gasteiger partial charge >= 0.3 is 0 Å². The highest BCUT2D eigenvalue weighted by Gasteiger charge is 2.35. The second-order valence-electron chi connectivity index (χ2n) is 6.96. The topological polar surface area (TPSA) is 49.9 Å². The Hall–Kier alpha value is -1.53. The minimum Gasteiger partial charge on any atom is -0.378 e. The van der Waals surface area contributed by atoms with Gasteiger partial charge in [-0.2, -0.15) is 0 Å². The van der Waals surface area contributed by atoms with E-state index in [0.717, 1.165) is 19.3 Å². The van der Waals surface area contributed by atoms with E-state index >= 15 is 0 Å². The second-order valence-corrected chi connectivity index (χ2v) is 8.20. The lowest BCUT2D eigenvalue weighted by Crippen LogP contribution is -2.48. The van der Waals surface area contributed by atoms with Crippen molar-refractivity contribution in [2.24, 2.45) is 5.92 Å². The number of thioether (sulfide) groups is 1. The van der Waals surface area contributed by atoms with E-state index in [-0.39, 0.29) is 23.0 Å². The molecule has 0 saturated carbocycles. The fraction of sp³-hybridized carbons (Fsp3) is 0.579. The summed E-state index contributed by atoms with van der Waals surface area (Å²) in [4.78, 5) is 30.6. The first kappa shape index (κ1) is 16.9. The minimum absolute atomic E-state index is 0.00361. The van der Waals surface area contributed by atoms with Crippen LogP contribution in [0.4, 0.5) is 0 Å². The number of hydrogen-bond acceptors (Lipinski definition) is 4. The fourth-order valence-corrected chi connectivity index (χ4v) is 5.19. The van der Waals surface area contributed by atoms with Crippen molar-refractivity contribution in [3.8, 4) is 0 Å². The number of amides is 2. The predicted octanol–water partition coefficient (Wildman–Crippen LogP) is 1.80. The van der Waals surface area contributed by atoms with E-state index in [0.29, 0.717) is 39.4 Å². The van der Waals surface area contributed by atoms with Crippen LogP contribution in [0, 0.1) is 5.92 Å². The van der Waals surface area contributed by atoms with Gasteiger partial charge < -0.3 is 14.5 Å². The van der Waals surface area contributed by atoms with Gasteiger partial charge in [-0.05, 0) is 30.9 Å². The molecular weight excluding hydrogens is 336 g/mol. The molecule has 0 spiro atoms. The number of fused-ring (bicyclic) bond motifs is 1. The molecule has 1 aromatic carbocycles. The van der Waals surface area contributed by atoms with Gasteiger partial charge in [0.15, 0.2) is 0 Å². The Bertz CT molecular complexity index is 627. The van der Waals surface area contributed by atoms with Crippen molar-refractivity contribution in [1.29, 1.82) is 0 Å². The average molecular weight is 360 g/mol. The molecule has 5 nitrogen and oxygen atoms in total. The van der Waals surface area contributed by atoms with Crippen LogP contribution in [-0.4, -0.2) is 66.3 Å². The van der Waals surface area contributed by atoms with Crippen LogP contribution in [0.1, 0.15) is 18.4 Å². The molecular formula is C19H24N2O3S. The zero-order valence-corrected chi connectivity index (χ0v) is 15.2. The molecule has 1 atom stereocenters. The maximum absolute atomic E-state index is 12.8. The van der Waals surface area contributed by atoms with Crippen molar-refractivity contribution >= 4 is 23.6 Å². The van der Waals surface area contributed by atoms with Crippen LogP contribution in [0.3, 0.4) is 0 Å². The number of nitrogens with zero attached hydrogens (tertiary/aromatic N) is 2. The molecule has 0 N–H and O–H groups in total. The second kappa shape index (κ2) is 7.38. The zero-order chi connectivity index (χ0) is 17.2. The van der Waals surface area contributed by atoms with Gasteiger partial charge in [-0.25, -0.2) is 0 Å². The number of morpholine rings is 1. The van der Waals surface area contributed by atoms with Crippen molar-refractivity contribution in [3.63, 3.8) is 0 Å². The highest BCUT2D eigenvalue weighted by atomic mass is 32.2. The van der Waals surface area contributed by atoms with Crippen molar-refractivity contribution in [3.05, 3.63) is 29.8 Å². The Morgan fingerprint density at radius 2 is 1.64 bits per heavy atom. The molecule has 3 aliphatic heterocycles. The van der Waals surface area contributed by atoms with Crippen LogP contribution in [0.2, 0.25) is 0 Å². The molecule has 0 aliphatic carbocycles. The van der Waals surface area contributed by atoms with E-state index in [1.165, 1.54) is 10.5 Å². The van der Waals surface area contributed by atoms with Crippen LogP contribution in [-0.2, 0) is 20.7 Å². The molecule has 4 rings (SSSR count). The normalized spacial score (nSPS) is 24.2. The Morgan fingerprint density at radius 1 is 0.960 bits per heavy atom. The molecule has 0 aromatic heterocycles. The maximum Gasteiger partial charge on any atom is 0.236 e. The van der Waals surface area contributed by atoms with E-state index in [2.05, 4.69) is 12.1 Å². The van der Waals surface area contributed by atoms with Crippen molar-refractivity contribution in [1.82, 2.24) is 9.80 Å². The average Bonchev–Trinajstić information content (AvgIpc) is 3.12. The summed E-state index contributed by atoms with van der Waals surface area (Å²) in [5, 5.41) is 0.00361. The van der Waals surface area contributed by atoms with Crippen molar-refractivity contribution in [2.45, 2.75) is 29.4 Å². The van der Waals surface area contributed by atoms with Crippen LogP contribution in [0.15, 0.2) is 29.2 Å². The summed E-state index contributed by atoms with van der Waals surface area (Å²) in [5.41, 5.74) is 1.28. The number of ether oxygens (including phenoxy) is 1. The van der Waals surface area contributed by atoms with Gasteiger partial charge in [-0.15, -0.1) is 11.8 Å². The molecule has 1 unspecified atom stereocenters.